The molecule has 584 valence electrons. The predicted octanol–water partition coefficient (Wildman–Crippen LogP) is 32.5. The molecular weight excluding hydrogens is 1530 g/mol. The van der Waals surface area contributed by atoms with Crippen molar-refractivity contribution >= 4 is 207 Å². The lowest BCUT2D eigenvalue weighted by molar-refractivity contribution is 0.660. The number of aromatic nitrogens is 4. The van der Waals surface area contributed by atoms with Crippen molar-refractivity contribution in [2.75, 3.05) is 0 Å². The van der Waals surface area contributed by atoms with Crippen LogP contribution in [0.2, 0.25) is 0 Å². The highest BCUT2D eigenvalue weighted by Gasteiger charge is 2.36. The minimum Gasteiger partial charge on any atom is -0.456 e. The van der Waals surface area contributed by atoms with Crippen LogP contribution in [-0.4, -0.2) is 18.3 Å². The molecule has 0 bridgehead atoms. The van der Waals surface area contributed by atoms with E-state index in [4.69, 9.17) is 17.7 Å². The van der Waals surface area contributed by atoms with Crippen molar-refractivity contribution in [1.29, 1.82) is 0 Å². The molecule has 0 spiro atoms. The van der Waals surface area contributed by atoms with Gasteiger partial charge in [-0.05, 0) is 199 Å². The van der Waals surface area contributed by atoms with Gasteiger partial charge in [0, 0.05) is 114 Å². The fraction of sp³-hybridized carbons (Fsp3) is 0.0256. The zero-order valence-corrected chi connectivity index (χ0v) is 68.0. The third-order valence-corrected chi connectivity index (χ3v) is 27.1. The number of rotatable bonds is 5. The van der Waals surface area contributed by atoms with Crippen LogP contribution in [-0.2, 0) is 5.41 Å². The number of nitrogens with zero attached hydrogens (tertiary/aromatic N) is 4. The first-order valence-corrected chi connectivity index (χ1v) is 42.9. The molecule has 8 heterocycles. The first-order chi connectivity index (χ1) is 61.8. The second-order valence-corrected chi connectivity index (χ2v) is 34.0. The van der Waals surface area contributed by atoms with Crippen molar-refractivity contribution in [2.45, 2.75) is 19.3 Å². The second-order valence-electron chi connectivity index (χ2n) is 34.0. The highest BCUT2D eigenvalue weighted by atomic mass is 16.3. The zero-order valence-electron chi connectivity index (χ0n) is 68.0. The fourth-order valence-electron chi connectivity index (χ4n) is 21.5. The van der Waals surface area contributed by atoms with Crippen LogP contribution in [0.15, 0.2) is 418 Å². The molecular formula is C117H72N4O4. The van der Waals surface area contributed by atoms with Gasteiger partial charge < -0.3 is 35.9 Å². The van der Waals surface area contributed by atoms with E-state index in [1.165, 1.54) is 131 Å². The Hall–Kier alpha value is -16.4. The van der Waals surface area contributed by atoms with Crippen LogP contribution < -0.4 is 0 Å². The van der Waals surface area contributed by atoms with E-state index in [0.717, 1.165) is 133 Å². The molecule has 0 N–H and O–H groups in total. The molecule has 0 unspecified atom stereocenters. The van der Waals surface area contributed by atoms with Crippen molar-refractivity contribution in [2.24, 2.45) is 0 Å². The summed E-state index contributed by atoms with van der Waals surface area (Å²) < 4.78 is 35.5. The molecule has 125 heavy (non-hydrogen) atoms. The van der Waals surface area contributed by atoms with Crippen molar-refractivity contribution in [1.82, 2.24) is 18.3 Å². The summed E-state index contributed by atoms with van der Waals surface area (Å²) in [7, 11) is 0. The van der Waals surface area contributed by atoms with Gasteiger partial charge in [-0.15, -0.1) is 0 Å². The highest BCUT2D eigenvalue weighted by molar-refractivity contribution is 6.31. The minimum absolute atomic E-state index is 0.0109. The number of hydrogen-bond acceptors (Lipinski definition) is 4. The molecule has 8 heteroatoms. The summed E-state index contributed by atoms with van der Waals surface area (Å²) in [5.41, 5.74) is 29.0. The standard InChI is InChI=1S/C43H29NO.C40H24N2O.C34H19NO2/c1-43(2)36-13-7-5-11-31(36)35-25-28(17-23-37(35)43)26-15-19-29(20-16-26)44-38-24-18-27-9-3-4-10-30(27)40(38)34-22-21-33-32-12-6-8-14-39(32)45-42(33)41(34)44;1-2-11-26(12-3-1)41-34-16-8-6-14-29(34)33-24-27(19-23-35(33)41)42-36-22-18-25-10-4-5-13-28(25)38(36)32-21-20-31-30-15-7-9-17-37(30)43-40(31)39(32)42;1-2-8-22-20(7-1)13-17-28-32(22)26-16-15-25-23-9-3-6-12-30(23)37-34(25)33(26)35(28)21-14-18-31-27(19-21)24-10-4-5-11-29(24)36-31/h3-25H,1-2H3;1-24H;1-19H. The number of furan rings is 4. The molecule has 8 nitrogen and oxygen atoms in total. The Bertz CT molecular complexity index is 9480. The summed E-state index contributed by atoms with van der Waals surface area (Å²) in [6.45, 7) is 4.67. The van der Waals surface area contributed by atoms with Crippen molar-refractivity contribution in [3.63, 3.8) is 0 Å². The Morgan fingerprint density at radius 1 is 0.192 bits per heavy atom. The predicted molar refractivity (Wildman–Crippen MR) is 521 cm³/mol. The van der Waals surface area contributed by atoms with Gasteiger partial charge in [0.1, 0.15) is 27.9 Å². The summed E-state index contributed by atoms with van der Waals surface area (Å²) in [4.78, 5) is 0. The summed E-state index contributed by atoms with van der Waals surface area (Å²) in [6.07, 6.45) is 0. The first-order valence-electron chi connectivity index (χ1n) is 42.9. The smallest absolute Gasteiger partial charge is 0.160 e. The Morgan fingerprint density at radius 2 is 0.544 bits per heavy atom. The lowest BCUT2D eigenvalue weighted by Gasteiger charge is -2.21. The SMILES string of the molecule is CC1(C)c2ccccc2-c2cc(-c3ccc(-n4c5ccc6ccccc6c5c5ccc6c7ccccc7oc6c54)cc3)ccc21.c1ccc(-n2c3ccccc3c3cc(-n4c5ccc6ccccc6c5c5ccc6c7ccccc7oc6c54)ccc32)cc1.c1ccc2c(c1)ccc1c2c2ccc3c4ccccc4oc3c2n1-c1ccc2oc3ccccc3c2c1. The van der Waals surface area contributed by atoms with E-state index in [0.29, 0.717) is 0 Å². The van der Waals surface area contributed by atoms with Gasteiger partial charge in [0.15, 0.2) is 16.7 Å². The van der Waals surface area contributed by atoms with Gasteiger partial charge in [-0.25, -0.2) is 0 Å². The Kier molecular flexibility index (Phi) is 14.6. The van der Waals surface area contributed by atoms with E-state index in [9.17, 15) is 0 Å². The molecule has 1 aliphatic carbocycles. The molecule has 0 fully saturated rings. The molecule has 0 amide bonds. The van der Waals surface area contributed by atoms with Gasteiger partial charge >= 0.3 is 0 Å². The molecule has 20 aromatic carbocycles. The van der Waals surface area contributed by atoms with Crippen LogP contribution in [0.3, 0.4) is 0 Å². The van der Waals surface area contributed by atoms with E-state index < -0.39 is 0 Å². The minimum atomic E-state index is 0.0109. The van der Waals surface area contributed by atoms with Crippen LogP contribution in [0.4, 0.5) is 0 Å². The number of hydrogen-bond donors (Lipinski definition) is 0. The molecule has 28 aromatic rings. The van der Waals surface area contributed by atoms with Gasteiger partial charge in [0.05, 0.1) is 44.1 Å². The topological polar surface area (TPSA) is 72.3 Å². The van der Waals surface area contributed by atoms with Gasteiger partial charge in [0.25, 0.3) is 0 Å². The normalized spacial score (nSPS) is 12.8. The summed E-state index contributed by atoms with van der Waals surface area (Å²) in [5, 5.41) is 26.3. The van der Waals surface area contributed by atoms with Crippen molar-refractivity contribution in [3.8, 4) is 45.0 Å². The van der Waals surface area contributed by atoms with Crippen molar-refractivity contribution in [3.05, 3.63) is 412 Å². The van der Waals surface area contributed by atoms with Gasteiger partial charge in [-0.3, -0.25) is 0 Å². The van der Waals surface area contributed by atoms with E-state index in [1.54, 1.807) is 0 Å². The summed E-state index contributed by atoms with van der Waals surface area (Å²) in [6, 6.07) is 144. The average Bonchev–Trinajstić information content (AvgIpc) is 1.55. The number of benzene rings is 20. The molecule has 8 aromatic heterocycles. The van der Waals surface area contributed by atoms with Gasteiger partial charge in [0.2, 0.25) is 0 Å². The third-order valence-electron chi connectivity index (χ3n) is 27.1. The lowest BCUT2D eigenvalue weighted by Crippen LogP contribution is -2.14. The quantitative estimate of drug-likeness (QED) is 0.172. The van der Waals surface area contributed by atoms with Crippen LogP contribution in [0.5, 0.6) is 0 Å². The zero-order chi connectivity index (χ0) is 82.0. The van der Waals surface area contributed by atoms with E-state index >= 15 is 0 Å². The molecule has 29 rings (SSSR count). The molecule has 0 radical (unpaired) electrons. The molecule has 0 atom stereocenters. The van der Waals surface area contributed by atoms with Gasteiger partial charge in [-0.2, -0.15) is 0 Å². The van der Waals surface area contributed by atoms with Crippen molar-refractivity contribution < 1.29 is 17.7 Å². The van der Waals surface area contributed by atoms with E-state index in [1.807, 2.05) is 36.4 Å². The lowest BCUT2D eigenvalue weighted by atomic mass is 9.82. The highest BCUT2D eigenvalue weighted by Crippen LogP contribution is 2.52. The van der Waals surface area contributed by atoms with Crippen LogP contribution in [0.25, 0.3) is 252 Å². The Labute approximate surface area is 714 Å². The number of para-hydroxylation sites is 6. The monoisotopic (exact) mass is 1600 g/mol. The second kappa shape index (κ2) is 26.3. The molecule has 0 saturated heterocycles. The number of fused-ring (bicyclic) bond motifs is 36. The largest absolute Gasteiger partial charge is 0.456 e. The molecule has 1 aliphatic rings. The third kappa shape index (κ3) is 10.0. The Morgan fingerprint density at radius 3 is 1.06 bits per heavy atom. The van der Waals surface area contributed by atoms with Crippen LogP contribution >= 0.6 is 0 Å². The van der Waals surface area contributed by atoms with Crippen LogP contribution in [0, 0.1) is 0 Å². The maximum atomic E-state index is 6.66. The van der Waals surface area contributed by atoms with E-state index in [-0.39, 0.29) is 5.41 Å². The maximum absolute atomic E-state index is 6.66. The Balaban J connectivity index is 0.0000000982. The molecule has 0 aliphatic heterocycles. The summed E-state index contributed by atoms with van der Waals surface area (Å²) >= 11 is 0. The van der Waals surface area contributed by atoms with Gasteiger partial charge in [-0.1, -0.05) is 281 Å². The average molecular weight is 1600 g/mol. The summed E-state index contributed by atoms with van der Waals surface area (Å²) in [5.74, 6) is 0. The first kappa shape index (κ1) is 69.4. The maximum Gasteiger partial charge on any atom is 0.160 e. The van der Waals surface area contributed by atoms with Crippen LogP contribution in [0.1, 0.15) is 25.0 Å². The van der Waals surface area contributed by atoms with E-state index in [2.05, 4.69) is 396 Å². The molecule has 0 saturated carbocycles. The fourth-order valence-corrected chi connectivity index (χ4v) is 21.5.